The van der Waals surface area contributed by atoms with Crippen molar-refractivity contribution in [2.75, 3.05) is 39.9 Å². The van der Waals surface area contributed by atoms with Crippen molar-refractivity contribution in [1.29, 1.82) is 0 Å². The first-order valence-corrected chi connectivity index (χ1v) is 9.92. The van der Waals surface area contributed by atoms with Crippen LogP contribution in [-0.2, 0) is 6.54 Å². The molecule has 2 heterocycles. The first kappa shape index (κ1) is 20.1. The summed E-state index contributed by atoms with van der Waals surface area (Å²) < 4.78 is 11.2. The smallest absolute Gasteiger partial charge is 0.254 e. The molecule has 0 bridgehead atoms. The maximum Gasteiger partial charge on any atom is 0.254 e. The molecule has 1 aliphatic heterocycles. The highest BCUT2D eigenvalue weighted by Gasteiger charge is 2.23. The Morgan fingerprint density at radius 1 is 1.14 bits per heavy atom. The lowest BCUT2D eigenvalue weighted by molar-refractivity contribution is 0.0628. The van der Waals surface area contributed by atoms with E-state index in [2.05, 4.69) is 22.9 Å². The average molecular weight is 383 g/mol. The molecule has 0 aliphatic carbocycles. The maximum atomic E-state index is 12.9. The second kappa shape index (κ2) is 10.1. The molecule has 28 heavy (non-hydrogen) atoms. The molecule has 0 atom stereocenters. The molecular formula is C22H29N3O3. The lowest BCUT2D eigenvalue weighted by Crippen LogP contribution is -2.48. The van der Waals surface area contributed by atoms with Gasteiger partial charge in [0.1, 0.15) is 0 Å². The molecule has 1 saturated heterocycles. The Kier molecular flexibility index (Phi) is 7.25. The number of benzene rings is 1. The van der Waals surface area contributed by atoms with Crippen LogP contribution in [0, 0.1) is 0 Å². The van der Waals surface area contributed by atoms with Crippen LogP contribution in [0.15, 0.2) is 42.7 Å². The first-order chi connectivity index (χ1) is 13.7. The molecule has 0 saturated carbocycles. The third kappa shape index (κ3) is 5.23. The zero-order chi connectivity index (χ0) is 19.8. The topological polar surface area (TPSA) is 54.9 Å². The van der Waals surface area contributed by atoms with Crippen LogP contribution in [0.3, 0.4) is 0 Å². The van der Waals surface area contributed by atoms with E-state index < -0.39 is 0 Å². The predicted molar refractivity (Wildman–Crippen MR) is 109 cm³/mol. The van der Waals surface area contributed by atoms with E-state index in [4.69, 9.17) is 9.47 Å². The van der Waals surface area contributed by atoms with E-state index in [1.807, 2.05) is 29.3 Å². The van der Waals surface area contributed by atoms with Crippen LogP contribution in [-0.4, -0.2) is 60.6 Å². The number of carbonyl (C=O) groups is 1. The number of carbonyl (C=O) groups excluding carboxylic acids is 1. The number of ether oxygens (including phenoxy) is 2. The fourth-order valence-corrected chi connectivity index (χ4v) is 3.29. The fraction of sp³-hybridized carbons (Fsp3) is 0.455. The minimum absolute atomic E-state index is 0.0411. The van der Waals surface area contributed by atoms with Crippen LogP contribution in [0.2, 0.25) is 0 Å². The monoisotopic (exact) mass is 383 g/mol. The number of piperazine rings is 1. The fourth-order valence-electron chi connectivity index (χ4n) is 3.29. The standard InChI is InChI=1S/C22H29N3O3/c1-3-4-14-28-20-8-7-19(15-21(20)27-2)22(26)25-12-10-24(11-13-25)17-18-6-5-9-23-16-18/h5-9,15-16H,3-4,10-14,17H2,1-2H3. The quantitative estimate of drug-likeness (QED) is 0.655. The van der Waals surface area contributed by atoms with Crippen molar-refractivity contribution in [2.45, 2.75) is 26.3 Å². The Hall–Kier alpha value is -2.60. The highest BCUT2D eigenvalue weighted by molar-refractivity contribution is 5.95. The van der Waals surface area contributed by atoms with Crippen molar-refractivity contribution in [3.63, 3.8) is 0 Å². The van der Waals surface area contributed by atoms with E-state index in [0.29, 0.717) is 23.7 Å². The summed E-state index contributed by atoms with van der Waals surface area (Å²) in [5.41, 5.74) is 1.84. The molecule has 1 aliphatic rings. The van der Waals surface area contributed by atoms with Gasteiger partial charge in [0, 0.05) is 50.7 Å². The number of methoxy groups -OCH3 is 1. The van der Waals surface area contributed by atoms with Gasteiger partial charge in [-0.3, -0.25) is 14.7 Å². The van der Waals surface area contributed by atoms with Gasteiger partial charge in [0.15, 0.2) is 11.5 Å². The SMILES string of the molecule is CCCCOc1ccc(C(=O)N2CCN(Cc3cccnc3)CC2)cc1OC. The highest BCUT2D eigenvalue weighted by Crippen LogP contribution is 2.29. The van der Waals surface area contributed by atoms with Crippen molar-refractivity contribution in [1.82, 2.24) is 14.8 Å². The van der Waals surface area contributed by atoms with Crippen LogP contribution < -0.4 is 9.47 Å². The van der Waals surface area contributed by atoms with Gasteiger partial charge in [0.05, 0.1) is 13.7 Å². The zero-order valence-electron chi connectivity index (χ0n) is 16.8. The summed E-state index contributed by atoms with van der Waals surface area (Å²) in [4.78, 5) is 21.3. The molecule has 0 spiro atoms. The number of hydrogen-bond donors (Lipinski definition) is 0. The van der Waals surface area contributed by atoms with E-state index in [9.17, 15) is 4.79 Å². The predicted octanol–water partition coefficient (Wildman–Crippen LogP) is 3.23. The lowest BCUT2D eigenvalue weighted by atomic mass is 10.1. The molecule has 1 amide bonds. The highest BCUT2D eigenvalue weighted by atomic mass is 16.5. The molecular weight excluding hydrogens is 354 g/mol. The van der Waals surface area contributed by atoms with Crippen LogP contribution in [0.1, 0.15) is 35.7 Å². The van der Waals surface area contributed by atoms with Crippen molar-refractivity contribution in [3.05, 3.63) is 53.9 Å². The normalized spacial score (nSPS) is 14.7. The molecule has 6 nitrogen and oxygen atoms in total. The van der Waals surface area contributed by atoms with Gasteiger partial charge in [-0.05, 0) is 36.2 Å². The molecule has 0 unspecified atom stereocenters. The van der Waals surface area contributed by atoms with Gasteiger partial charge in [-0.25, -0.2) is 0 Å². The summed E-state index contributed by atoms with van der Waals surface area (Å²) in [5.74, 6) is 1.34. The largest absolute Gasteiger partial charge is 0.493 e. The Bertz CT molecular complexity index is 759. The minimum Gasteiger partial charge on any atom is -0.493 e. The molecule has 3 rings (SSSR count). The molecule has 1 aromatic carbocycles. The van der Waals surface area contributed by atoms with Crippen LogP contribution in [0.4, 0.5) is 0 Å². The molecule has 150 valence electrons. The van der Waals surface area contributed by atoms with Crippen LogP contribution in [0.5, 0.6) is 11.5 Å². The first-order valence-electron chi connectivity index (χ1n) is 9.92. The summed E-state index contributed by atoms with van der Waals surface area (Å²) in [5, 5.41) is 0. The van der Waals surface area contributed by atoms with E-state index >= 15 is 0 Å². The van der Waals surface area contributed by atoms with Gasteiger partial charge in [-0.15, -0.1) is 0 Å². The molecule has 2 aromatic rings. The molecule has 1 aromatic heterocycles. The summed E-state index contributed by atoms with van der Waals surface area (Å²) in [7, 11) is 1.60. The van der Waals surface area contributed by atoms with Crippen molar-refractivity contribution in [3.8, 4) is 11.5 Å². The summed E-state index contributed by atoms with van der Waals surface area (Å²) in [6.07, 6.45) is 5.75. The van der Waals surface area contributed by atoms with Gasteiger partial charge in [-0.1, -0.05) is 19.4 Å². The van der Waals surface area contributed by atoms with Crippen molar-refractivity contribution < 1.29 is 14.3 Å². The Labute approximate surface area is 167 Å². The van der Waals surface area contributed by atoms with Gasteiger partial charge in [0.2, 0.25) is 0 Å². The Morgan fingerprint density at radius 2 is 1.96 bits per heavy atom. The van der Waals surface area contributed by atoms with Gasteiger partial charge in [0.25, 0.3) is 5.91 Å². The molecule has 6 heteroatoms. The van der Waals surface area contributed by atoms with Crippen molar-refractivity contribution in [2.24, 2.45) is 0 Å². The number of pyridine rings is 1. The summed E-state index contributed by atoms with van der Waals surface area (Å²) in [6, 6.07) is 9.49. The van der Waals surface area contributed by atoms with E-state index in [-0.39, 0.29) is 5.91 Å². The van der Waals surface area contributed by atoms with E-state index in [1.165, 1.54) is 5.56 Å². The van der Waals surface area contributed by atoms with Crippen molar-refractivity contribution >= 4 is 5.91 Å². The number of aromatic nitrogens is 1. The number of unbranched alkanes of at least 4 members (excludes halogenated alkanes) is 1. The molecule has 0 radical (unpaired) electrons. The lowest BCUT2D eigenvalue weighted by Gasteiger charge is -2.34. The molecule has 0 N–H and O–H groups in total. The van der Waals surface area contributed by atoms with Crippen LogP contribution >= 0.6 is 0 Å². The van der Waals surface area contributed by atoms with E-state index in [0.717, 1.165) is 45.6 Å². The summed E-state index contributed by atoms with van der Waals surface area (Å²) >= 11 is 0. The second-order valence-electron chi connectivity index (χ2n) is 7.00. The second-order valence-corrected chi connectivity index (χ2v) is 7.00. The van der Waals surface area contributed by atoms with Gasteiger partial charge in [-0.2, -0.15) is 0 Å². The van der Waals surface area contributed by atoms with E-state index in [1.54, 1.807) is 19.4 Å². The Balaban J connectivity index is 1.57. The van der Waals surface area contributed by atoms with Crippen LogP contribution in [0.25, 0.3) is 0 Å². The minimum atomic E-state index is 0.0411. The average Bonchev–Trinajstić information content (AvgIpc) is 2.75. The Morgan fingerprint density at radius 3 is 2.64 bits per heavy atom. The number of nitrogens with zero attached hydrogens (tertiary/aromatic N) is 3. The molecule has 1 fully saturated rings. The third-order valence-electron chi connectivity index (χ3n) is 4.95. The third-order valence-corrected chi connectivity index (χ3v) is 4.95. The van der Waals surface area contributed by atoms with Gasteiger partial charge < -0.3 is 14.4 Å². The number of rotatable bonds is 8. The van der Waals surface area contributed by atoms with Gasteiger partial charge >= 0.3 is 0 Å². The maximum absolute atomic E-state index is 12.9. The number of amides is 1. The number of hydrogen-bond acceptors (Lipinski definition) is 5. The zero-order valence-corrected chi connectivity index (χ0v) is 16.8. The summed E-state index contributed by atoms with van der Waals surface area (Å²) in [6.45, 7) is 6.80.